The Bertz CT molecular complexity index is 1540. The second kappa shape index (κ2) is 10.6. The van der Waals surface area contributed by atoms with Gasteiger partial charge in [0.05, 0.1) is 23.7 Å². The van der Waals surface area contributed by atoms with Crippen LogP contribution in [-0.4, -0.2) is 38.2 Å². The first-order valence-corrected chi connectivity index (χ1v) is 12.8. The molecule has 7 nitrogen and oxygen atoms in total. The number of carbonyl (C=O) groups excluding carboxylic acids is 2. The number of carbonyl (C=O) groups is 2. The number of aromatic nitrogens is 3. The van der Waals surface area contributed by atoms with Gasteiger partial charge in [0, 0.05) is 0 Å². The molecule has 0 N–H and O–H groups in total. The predicted molar refractivity (Wildman–Crippen MR) is 137 cm³/mol. The van der Waals surface area contributed by atoms with Crippen LogP contribution in [0.25, 0.3) is 21.7 Å². The number of ketones is 1. The van der Waals surface area contributed by atoms with Crippen molar-refractivity contribution < 1.29 is 18.7 Å². The van der Waals surface area contributed by atoms with E-state index in [1.807, 2.05) is 31.2 Å². The van der Waals surface area contributed by atoms with Gasteiger partial charge in [-0.25, -0.2) is 9.37 Å². The van der Waals surface area contributed by atoms with Crippen molar-refractivity contribution in [3.63, 3.8) is 0 Å². The second-order valence-corrected chi connectivity index (χ2v) is 10.0. The van der Waals surface area contributed by atoms with Gasteiger partial charge in [-0.2, -0.15) is 0 Å². The number of hydrogen-bond acceptors (Lipinski definition) is 8. The summed E-state index contributed by atoms with van der Waals surface area (Å²) in [6.07, 6.45) is -0.373. The van der Waals surface area contributed by atoms with Gasteiger partial charge in [-0.3, -0.25) is 23.5 Å². The average molecular weight is 530 g/mol. The smallest absolute Gasteiger partial charge is 0.313 e. The highest BCUT2D eigenvalue weighted by molar-refractivity contribution is 7.99. The van der Waals surface area contributed by atoms with Gasteiger partial charge in [0.1, 0.15) is 16.9 Å². The summed E-state index contributed by atoms with van der Waals surface area (Å²) < 4.78 is 22.3. The molecule has 4 aromatic rings. The predicted octanol–water partition coefficient (Wildman–Crippen LogP) is 5.03. The van der Waals surface area contributed by atoms with E-state index < -0.39 is 11.8 Å². The molecule has 0 radical (unpaired) electrons. The molecule has 0 atom stereocenters. The maximum atomic E-state index is 13.6. The fourth-order valence-electron chi connectivity index (χ4n) is 3.45. The van der Waals surface area contributed by atoms with E-state index in [9.17, 15) is 18.8 Å². The molecular formula is C24H20FN3O4S3. The summed E-state index contributed by atoms with van der Waals surface area (Å²) in [7, 11) is 0. The molecule has 0 saturated heterocycles. The Kier molecular flexibility index (Phi) is 7.58. The van der Waals surface area contributed by atoms with Crippen molar-refractivity contribution in [2.45, 2.75) is 25.4 Å². The highest BCUT2D eigenvalue weighted by atomic mass is 32.2. The maximum absolute atomic E-state index is 13.6. The standard InChI is InChI=1S/C24H20FN3O4S3/c1-3-32-19(30)12-17(29)13-34-23-26-21-20(22(31)27(23)16-10-8-15(25)9-11-16)35-24(33)28(21)18-7-5-4-6-14(18)2/h4-11H,3,12-13H2,1-2H3. The number of halogens is 1. The Balaban J connectivity index is 1.86. The molecule has 0 unspecified atom stereocenters. The Morgan fingerprint density at radius 3 is 2.54 bits per heavy atom. The van der Waals surface area contributed by atoms with Crippen LogP contribution < -0.4 is 5.56 Å². The molecule has 2 aromatic heterocycles. The molecule has 35 heavy (non-hydrogen) atoms. The summed E-state index contributed by atoms with van der Waals surface area (Å²) in [6, 6.07) is 13.0. The van der Waals surface area contributed by atoms with E-state index in [4.69, 9.17) is 21.9 Å². The number of benzene rings is 2. The van der Waals surface area contributed by atoms with Gasteiger partial charge < -0.3 is 4.74 Å². The number of Topliss-reactive ketones (excluding diaryl/α,β-unsaturated/α-hetero) is 1. The van der Waals surface area contributed by atoms with Crippen molar-refractivity contribution in [2.75, 3.05) is 12.4 Å². The van der Waals surface area contributed by atoms with Crippen LogP contribution in [0, 0.1) is 16.7 Å². The van der Waals surface area contributed by atoms with Crippen molar-refractivity contribution in [1.82, 2.24) is 14.1 Å². The number of rotatable bonds is 8. The third kappa shape index (κ3) is 5.26. The summed E-state index contributed by atoms with van der Waals surface area (Å²) in [5, 5.41) is 0.224. The van der Waals surface area contributed by atoms with Crippen LogP contribution in [0.2, 0.25) is 0 Å². The lowest BCUT2D eigenvalue weighted by atomic mass is 10.2. The van der Waals surface area contributed by atoms with Gasteiger partial charge >= 0.3 is 5.97 Å². The quantitative estimate of drug-likeness (QED) is 0.104. The first-order valence-electron chi connectivity index (χ1n) is 10.6. The van der Waals surface area contributed by atoms with E-state index in [0.717, 1.165) is 34.3 Å². The number of esters is 1. The maximum Gasteiger partial charge on any atom is 0.313 e. The lowest BCUT2D eigenvalue weighted by Crippen LogP contribution is -2.22. The fourth-order valence-corrected chi connectivity index (χ4v) is 5.60. The van der Waals surface area contributed by atoms with Gasteiger partial charge in [-0.05, 0) is 62.0 Å². The van der Waals surface area contributed by atoms with Crippen LogP contribution in [-0.2, 0) is 14.3 Å². The topological polar surface area (TPSA) is 83.2 Å². The molecule has 0 aliphatic rings. The molecule has 0 bridgehead atoms. The summed E-state index contributed by atoms with van der Waals surface area (Å²) >= 11 is 7.74. The first-order chi connectivity index (χ1) is 16.8. The monoisotopic (exact) mass is 529 g/mol. The van der Waals surface area contributed by atoms with Crippen molar-refractivity contribution in [2.24, 2.45) is 0 Å². The SMILES string of the molecule is CCOC(=O)CC(=O)CSc1nc2c(sc(=S)n2-c2ccccc2C)c(=O)n1-c1ccc(F)cc1. The molecule has 0 aliphatic carbocycles. The zero-order valence-electron chi connectivity index (χ0n) is 18.8. The van der Waals surface area contributed by atoms with Gasteiger partial charge in [0.2, 0.25) is 0 Å². The second-order valence-electron chi connectivity index (χ2n) is 7.46. The third-order valence-electron chi connectivity index (χ3n) is 5.03. The van der Waals surface area contributed by atoms with Crippen molar-refractivity contribution >= 4 is 57.4 Å². The molecule has 2 aromatic carbocycles. The Morgan fingerprint density at radius 2 is 1.86 bits per heavy atom. The fraction of sp³-hybridized carbons (Fsp3) is 0.208. The Labute approximate surface area is 213 Å². The zero-order valence-corrected chi connectivity index (χ0v) is 21.3. The molecule has 0 aliphatic heterocycles. The molecule has 0 fully saturated rings. The first kappa shape index (κ1) is 25.0. The minimum atomic E-state index is -0.608. The van der Waals surface area contributed by atoms with Gasteiger partial charge in [-0.1, -0.05) is 41.3 Å². The van der Waals surface area contributed by atoms with E-state index in [1.165, 1.54) is 28.8 Å². The Hall–Kier alpha value is -3.15. The number of thioether (sulfide) groups is 1. The number of aryl methyl sites for hydroxylation is 1. The van der Waals surface area contributed by atoms with E-state index in [2.05, 4.69) is 0 Å². The van der Waals surface area contributed by atoms with Crippen molar-refractivity contribution in [3.8, 4) is 11.4 Å². The minimum absolute atomic E-state index is 0.104. The molecule has 180 valence electrons. The number of para-hydroxylation sites is 1. The molecule has 0 saturated carbocycles. The number of hydrogen-bond donors (Lipinski definition) is 0. The zero-order chi connectivity index (χ0) is 25.1. The van der Waals surface area contributed by atoms with E-state index in [-0.39, 0.29) is 35.3 Å². The highest BCUT2D eigenvalue weighted by Gasteiger charge is 2.21. The molecule has 11 heteroatoms. The molecule has 4 rings (SSSR count). The van der Waals surface area contributed by atoms with E-state index >= 15 is 0 Å². The van der Waals surface area contributed by atoms with E-state index in [1.54, 1.807) is 11.5 Å². The van der Waals surface area contributed by atoms with Crippen LogP contribution in [0.1, 0.15) is 18.9 Å². The normalized spacial score (nSPS) is 11.1. The number of ether oxygens (including phenoxy) is 1. The largest absolute Gasteiger partial charge is 0.466 e. The molecule has 0 spiro atoms. The van der Waals surface area contributed by atoms with E-state index in [0.29, 0.717) is 20.0 Å². The summed E-state index contributed by atoms with van der Waals surface area (Å²) in [5.41, 5.74) is 2.13. The van der Waals surface area contributed by atoms with Crippen LogP contribution in [0.3, 0.4) is 0 Å². The molecular weight excluding hydrogens is 509 g/mol. The average Bonchev–Trinajstić information content (AvgIpc) is 3.15. The summed E-state index contributed by atoms with van der Waals surface area (Å²) in [4.78, 5) is 42.4. The van der Waals surface area contributed by atoms with Crippen molar-refractivity contribution in [1.29, 1.82) is 0 Å². The van der Waals surface area contributed by atoms with Crippen LogP contribution in [0.5, 0.6) is 0 Å². The minimum Gasteiger partial charge on any atom is -0.466 e. The molecule has 2 heterocycles. The van der Waals surface area contributed by atoms with Crippen LogP contribution in [0.4, 0.5) is 4.39 Å². The number of fused-ring (bicyclic) bond motifs is 1. The highest BCUT2D eigenvalue weighted by Crippen LogP contribution is 2.28. The molecule has 0 amide bonds. The van der Waals surface area contributed by atoms with Gasteiger partial charge in [0.15, 0.2) is 20.5 Å². The third-order valence-corrected chi connectivity index (χ3v) is 7.38. The Morgan fingerprint density at radius 1 is 1.14 bits per heavy atom. The lowest BCUT2D eigenvalue weighted by molar-refractivity contribution is -0.145. The number of thiazole rings is 1. The van der Waals surface area contributed by atoms with Crippen LogP contribution >= 0.6 is 35.3 Å². The number of nitrogens with zero attached hydrogens (tertiary/aromatic N) is 3. The summed E-state index contributed by atoms with van der Waals surface area (Å²) in [5.74, 6) is -1.53. The van der Waals surface area contributed by atoms with Gasteiger partial charge in [-0.15, -0.1) is 0 Å². The summed E-state index contributed by atoms with van der Waals surface area (Å²) in [6.45, 7) is 3.78. The van der Waals surface area contributed by atoms with Gasteiger partial charge in [0.25, 0.3) is 5.56 Å². The van der Waals surface area contributed by atoms with Crippen molar-refractivity contribution in [3.05, 3.63) is 74.2 Å². The van der Waals surface area contributed by atoms with Crippen LogP contribution in [0.15, 0.2) is 58.5 Å². The lowest BCUT2D eigenvalue weighted by Gasteiger charge is -2.13.